The van der Waals surface area contributed by atoms with E-state index in [4.69, 9.17) is 4.74 Å². The van der Waals surface area contributed by atoms with Gasteiger partial charge in [-0.3, -0.25) is 20.0 Å². The van der Waals surface area contributed by atoms with Crippen LogP contribution in [0.25, 0.3) is 0 Å². The Balaban J connectivity index is 2.02. The Kier molecular flexibility index (Phi) is 3.70. The predicted molar refractivity (Wildman–Crippen MR) is 70.2 cm³/mol. The topological polar surface area (TPSA) is 70.7 Å². The highest BCUT2D eigenvalue weighted by Crippen LogP contribution is 2.16. The lowest BCUT2D eigenvalue weighted by Gasteiger charge is -2.24. The molecule has 1 aliphatic heterocycles. The Bertz CT molecular complexity index is 522. The lowest BCUT2D eigenvalue weighted by Crippen LogP contribution is -2.44. The number of carbonyl (C=O) groups excluding carboxylic acids is 2. The van der Waals surface area contributed by atoms with Crippen LogP contribution < -0.4 is 15.5 Å². The Morgan fingerprint density at radius 1 is 1.37 bits per heavy atom. The van der Waals surface area contributed by atoms with Crippen molar-refractivity contribution < 1.29 is 14.3 Å². The van der Waals surface area contributed by atoms with E-state index >= 15 is 0 Å². The summed E-state index contributed by atoms with van der Waals surface area (Å²) in [4.78, 5) is 23.2. The Morgan fingerprint density at radius 3 is 2.63 bits per heavy atom. The fourth-order valence-corrected chi connectivity index (χ4v) is 1.63. The molecule has 0 unspecified atom stereocenters. The SMILES string of the molecule is COc1ccc(NC(=O)C2=CCC(=O)N(C)N2)cc1. The van der Waals surface area contributed by atoms with Crippen LogP contribution in [-0.2, 0) is 9.59 Å². The summed E-state index contributed by atoms with van der Waals surface area (Å²) in [6.07, 6.45) is 1.79. The van der Waals surface area contributed by atoms with Gasteiger partial charge in [0, 0.05) is 19.2 Å². The van der Waals surface area contributed by atoms with E-state index in [1.54, 1.807) is 44.5 Å². The van der Waals surface area contributed by atoms with Crippen molar-refractivity contribution in [1.29, 1.82) is 0 Å². The highest BCUT2D eigenvalue weighted by atomic mass is 16.5. The number of anilines is 1. The molecule has 2 rings (SSSR count). The van der Waals surface area contributed by atoms with Gasteiger partial charge in [0.05, 0.1) is 7.11 Å². The highest BCUT2D eigenvalue weighted by Gasteiger charge is 2.19. The van der Waals surface area contributed by atoms with Gasteiger partial charge in [-0.15, -0.1) is 0 Å². The zero-order valence-electron chi connectivity index (χ0n) is 10.8. The van der Waals surface area contributed by atoms with E-state index in [-0.39, 0.29) is 18.2 Å². The summed E-state index contributed by atoms with van der Waals surface area (Å²) in [5.41, 5.74) is 3.74. The zero-order chi connectivity index (χ0) is 13.8. The maximum Gasteiger partial charge on any atom is 0.273 e. The Hall–Kier alpha value is -2.50. The van der Waals surface area contributed by atoms with Crippen LogP contribution in [0.2, 0.25) is 0 Å². The first-order valence-electron chi connectivity index (χ1n) is 5.79. The molecule has 2 N–H and O–H groups in total. The Labute approximate surface area is 111 Å². The van der Waals surface area contributed by atoms with Gasteiger partial charge in [0.25, 0.3) is 5.91 Å². The molecule has 0 spiro atoms. The average Bonchev–Trinajstić information content (AvgIpc) is 2.42. The molecule has 1 heterocycles. The molecule has 0 saturated heterocycles. The van der Waals surface area contributed by atoms with Crippen molar-refractivity contribution in [2.24, 2.45) is 0 Å². The smallest absolute Gasteiger partial charge is 0.273 e. The van der Waals surface area contributed by atoms with Crippen molar-refractivity contribution in [2.45, 2.75) is 6.42 Å². The van der Waals surface area contributed by atoms with Gasteiger partial charge in [0.1, 0.15) is 11.4 Å². The number of hydrogen-bond acceptors (Lipinski definition) is 4. The van der Waals surface area contributed by atoms with Crippen molar-refractivity contribution in [3.8, 4) is 5.75 Å². The number of methoxy groups -OCH3 is 1. The number of nitrogens with zero attached hydrogens (tertiary/aromatic N) is 1. The number of amides is 2. The first-order chi connectivity index (χ1) is 9.10. The molecule has 0 aliphatic carbocycles. The first-order valence-corrected chi connectivity index (χ1v) is 5.79. The van der Waals surface area contributed by atoms with Gasteiger partial charge in [-0.05, 0) is 30.3 Å². The van der Waals surface area contributed by atoms with E-state index in [1.165, 1.54) is 5.01 Å². The molecular weight excluding hydrogens is 246 g/mol. The summed E-state index contributed by atoms with van der Waals surface area (Å²) >= 11 is 0. The molecule has 19 heavy (non-hydrogen) atoms. The fraction of sp³-hybridized carbons (Fsp3) is 0.231. The number of hydrogen-bond donors (Lipinski definition) is 2. The van der Waals surface area contributed by atoms with Crippen LogP contribution in [-0.4, -0.2) is 31.0 Å². The molecule has 0 radical (unpaired) electrons. The van der Waals surface area contributed by atoms with Gasteiger partial charge >= 0.3 is 0 Å². The minimum absolute atomic E-state index is 0.0824. The third kappa shape index (κ3) is 3.04. The van der Waals surface area contributed by atoms with Crippen LogP contribution in [0, 0.1) is 0 Å². The number of hydrazine groups is 1. The summed E-state index contributed by atoms with van der Waals surface area (Å²) in [5, 5.41) is 4.03. The van der Waals surface area contributed by atoms with Gasteiger partial charge in [0.15, 0.2) is 0 Å². The second-order valence-electron chi connectivity index (χ2n) is 4.07. The van der Waals surface area contributed by atoms with E-state index in [2.05, 4.69) is 10.7 Å². The molecule has 100 valence electrons. The van der Waals surface area contributed by atoms with Crippen molar-refractivity contribution in [2.75, 3.05) is 19.5 Å². The van der Waals surface area contributed by atoms with Gasteiger partial charge in [0.2, 0.25) is 5.91 Å². The second-order valence-corrected chi connectivity index (χ2v) is 4.07. The maximum atomic E-state index is 12.0. The maximum absolute atomic E-state index is 12.0. The lowest BCUT2D eigenvalue weighted by molar-refractivity contribution is -0.132. The van der Waals surface area contributed by atoms with E-state index in [1.807, 2.05) is 0 Å². The van der Waals surface area contributed by atoms with Gasteiger partial charge in [-0.2, -0.15) is 0 Å². The van der Waals surface area contributed by atoms with Gasteiger partial charge in [-0.25, -0.2) is 0 Å². The second kappa shape index (κ2) is 5.43. The monoisotopic (exact) mass is 261 g/mol. The summed E-state index contributed by atoms with van der Waals surface area (Å²) in [5.74, 6) is 0.351. The molecule has 0 fully saturated rings. The molecule has 0 saturated carbocycles. The zero-order valence-corrected chi connectivity index (χ0v) is 10.8. The predicted octanol–water partition coefficient (Wildman–Crippen LogP) is 0.884. The first kappa shape index (κ1) is 12.9. The minimum atomic E-state index is -0.287. The molecule has 6 nitrogen and oxygen atoms in total. The standard InChI is InChI=1S/C13H15N3O3/c1-16-12(17)8-7-11(15-16)13(18)14-9-3-5-10(19-2)6-4-9/h3-7,15H,8H2,1-2H3,(H,14,18). The normalized spacial score (nSPS) is 14.5. The van der Waals surface area contributed by atoms with Crippen molar-refractivity contribution in [3.05, 3.63) is 36.0 Å². The van der Waals surface area contributed by atoms with Crippen LogP contribution in [0.5, 0.6) is 5.75 Å². The summed E-state index contributed by atoms with van der Waals surface area (Å²) in [7, 11) is 3.16. The number of nitrogens with one attached hydrogen (secondary N) is 2. The molecule has 6 heteroatoms. The summed E-state index contributed by atoms with van der Waals surface area (Å²) < 4.78 is 5.04. The largest absolute Gasteiger partial charge is 0.497 e. The lowest BCUT2D eigenvalue weighted by atomic mass is 10.2. The van der Waals surface area contributed by atoms with Crippen molar-refractivity contribution in [3.63, 3.8) is 0 Å². The van der Waals surface area contributed by atoms with E-state index in [0.717, 1.165) is 5.75 Å². The molecule has 1 aromatic rings. The minimum Gasteiger partial charge on any atom is -0.497 e. The third-order valence-corrected chi connectivity index (χ3v) is 2.74. The molecule has 0 atom stereocenters. The van der Waals surface area contributed by atoms with E-state index in [9.17, 15) is 9.59 Å². The number of benzene rings is 1. The molecule has 1 aliphatic rings. The molecule has 0 aromatic heterocycles. The Morgan fingerprint density at radius 2 is 2.05 bits per heavy atom. The molecule has 0 bridgehead atoms. The van der Waals surface area contributed by atoms with E-state index in [0.29, 0.717) is 11.4 Å². The van der Waals surface area contributed by atoms with Crippen LogP contribution in [0.15, 0.2) is 36.0 Å². The van der Waals surface area contributed by atoms with Crippen LogP contribution in [0.1, 0.15) is 6.42 Å². The number of carbonyl (C=O) groups is 2. The van der Waals surface area contributed by atoms with Gasteiger partial charge in [-0.1, -0.05) is 0 Å². The highest BCUT2D eigenvalue weighted by molar-refractivity contribution is 6.04. The molecular formula is C13H15N3O3. The van der Waals surface area contributed by atoms with E-state index < -0.39 is 0 Å². The number of rotatable bonds is 3. The van der Waals surface area contributed by atoms with Crippen molar-refractivity contribution >= 4 is 17.5 Å². The fourth-order valence-electron chi connectivity index (χ4n) is 1.63. The molecule has 2 amide bonds. The quantitative estimate of drug-likeness (QED) is 0.847. The van der Waals surface area contributed by atoms with Crippen molar-refractivity contribution in [1.82, 2.24) is 10.4 Å². The summed E-state index contributed by atoms with van der Waals surface area (Å²) in [6.45, 7) is 0. The van der Waals surface area contributed by atoms with Gasteiger partial charge < -0.3 is 10.1 Å². The molecule has 1 aromatic carbocycles. The van der Waals surface area contributed by atoms with Crippen LogP contribution >= 0.6 is 0 Å². The average molecular weight is 261 g/mol. The van der Waals surface area contributed by atoms with Crippen LogP contribution in [0.4, 0.5) is 5.69 Å². The number of ether oxygens (including phenoxy) is 1. The summed E-state index contributed by atoms with van der Waals surface area (Å²) in [6, 6.07) is 7.01. The third-order valence-electron chi connectivity index (χ3n) is 2.74. The van der Waals surface area contributed by atoms with Crippen LogP contribution in [0.3, 0.4) is 0 Å².